The molecule has 0 bridgehead atoms. The third-order valence-corrected chi connectivity index (χ3v) is 5.18. The topological polar surface area (TPSA) is 32.7 Å². The van der Waals surface area contributed by atoms with Crippen molar-refractivity contribution in [1.29, 1.82) is 0 Å². The first-order chi connectivity index (χ1) is 9.60. The Balaban J connectivity index is 1.96. The summed E-state index contributed by atoms with van der Waals surface area (Å²) in [5.74, 6) is 1.58. The van der Waals surface area contributed by atoms with Crippen molar-refractivity contribution in [3.8, 4) is 11.5 Å². The van der Waals surface area contributed by atoms with E-state index in [1.165, 1.54) is 11.1 Å². The third-order valence-electron chi connectivity index (χ3n) is 5.18. The van der Waals surface area contributed by atoms with E-state index in [2.05, 4.69) is 37.1 Å². The number of ether oxygens (including phenoxy) is 1. The summed E-state index contributed by atoms with van der Waals surface area (Å²) < 4.78 is 6.20. The van der Waals surface area contributed by atoms with Crippen molar-refractivity contribution >= 4 is 0 Å². The van der Waals surface area contributed by atoms with Gasteiger partial charge in [0.2, 0.25) is 0 Å². The Morgan fingerprint density at radius 3 is 3.10 bits per heavy atom. The molecule has 0 fully saturated rings. The van der Waals surface area contributed by atoms with Crippen molar-refractivity contribution in [1.82, 2.24) is 4.90 Å². The minimum absolute atomic E-state index is 0.0271. The van der Waals surface area contributed by atoms with Gasteiger partial charge in [0, 0.05) is 12.1 Å². The first-order valence-corrected chi connectivity index (χ1v) is 7.50. The molecule has 3 nitrogen and oxygen atoms in total. The number of aromatic hydroxyl groups is 1. The van der Waals surface area contributed by atoms with E-state index < -0.39 is 0 Å². The van der Waals surface area contributed by atoms with Gasteiger partial charge in [-0.05, 0) is 44.0 Å². The first kappa shape index (κ1) is 12.3. The van der Waals surface area contributed by atoms with Gasteiger partial charge in [-0.1, -0.05) is 25.1 Å². The van der Waals surface area contributed by atoms with E-state index in [1.54, 1.807) is 6.07 Å². The molecule has 0 aromatic heterocycles. The lowest BCUT2D eigenvalue weighted by Crippen LogP contribution is -2.41. The number of allylic oxidation sites excluding steroid dienone is 1. The predicted octanol–water partition coefficient (Wildman–Crippen LogP) is 2.82. The van der Waals surface area contributed by atoms with Crippen molar-refractivity contribution in [3.05, 3.63) is 35.4 Å². The largest absolute Gasteiger partial charge is 0.504 e. The molecule has 1 N–H and O–H groups in total. The van der Waals surface area contributed by atoms with Gasteiger partial charge in [-0.2, -0.15) is 0 Å². The van der Waals surface area contributed by atoms with Gasteiger partial charge in [0.25, 0.3) is 0 Å². The molecule has 1 aliphatic carbocycles. The molecule has 2 aliphatic heterocycles. The van der Waals surface area contributed by atoms with Gasteiger partial charge in [0.05, 0.1) is 5.41 Å². The summed E-state index contributed by atoms with van der Waals surface area (Å²) in [5.41, 5.74) is 2.52. The van der Waals surface area contributed by atoms with Gasteiger partial charge in [0.1, 0.15) is 6.10 Å². The molecule has 3 atom stereocenters. The quantitative estimate of drug-likeness (QED) is 0.737. The zero-order valence-electron chi connectivity index (χ0n) is 12.1. The maximum atomic E-state index is 10.2. The van der Waals surface area contributed by atoms with Crippen LogP contribution in [0.2, 0.25) is 0 Å². The fourth-order valence-electron chi connectivity index (χ4n) is 4.10. The Labute approximate surface area is 119 Å². The minimum Gasteiger partial charge on any atom is -0.504 e. The van der Waals surface area contributed by atoms with Crippen LogP contribution in [0, 0.1) is 5.92 Å². The lowest BCUT2D eigenvalue weighted by Gasteiger charge is -2.36. The number of rotatable bonds is 0. The van der Waals surface area contributed by atoms with Crippen molar-refractivity contribution in [2.45, 2.75) is 37.8 Å². The van der Waals surface area contributed by atoms with E-state index in [0.29, 0.717) is 11.7 Å². The van der Waals surface area contributed by atoms with Gasteiger partial charge in [0.15, 0.2) is 11.5 Å². The molecule has 3 heteroatoms. The second-order valence-electron chi connectivity index (χ2n) is 6.65. The summed E-state index contributed by atoms with van der Waals surface area (Å²) in [7, 11) is 2.17. The summed E-state index contributed by atoms with van der Waals surface area (Å²) in [5, 5.41) is 10.2. The van der Waals surface area contributed by atoms with Crippen LogP contribution in [0.25, 0.3) is 0 Å². The highest BCUT2D eigenvalue weighted by atomic mass is 16.5. The number of phenols is 1. The minimum atomic E-state index is -0.0271. The maximum Gasteiger partial charge on any atom is 0.165 e. The van der Waals surface area contributed by atoms with Crippen LogP contribution < -0.4 is 4.74 Å². The summed E-state index contributed by atoms with van der Waals surface area (Å²) in [4.78, 5) is 2.36. The van der Waals surface area contributed by atoms with Crippen LogP contribution in [0.3, 0.4) is 0 Å². The van der Waals surface area contributed by atoms with Crippen LogP contribution in [-0.4, -0.2) is 29.7 Å². The van der Waals surface area contributed by atoms with Crippen LogP contribution in [0.5, 0.6) is 11.5 Å². The number of hydrogen-bond acceptors (Lipinski definition) is 3. The van der Waals surface area contributed by atoms with Gasteiger partial charge >= 0.3 is 0 Å². The SMILES string of the molecule is CC1C=CC23CCN(C)Cc4ccc(O)c(c42)OC3C1. The van der Waals surface area contributed by atoms with E-state index in [0.717, 1.165) is 31.7 Å². The Hall–Kier alpha value is -1.48. The van der Waals surface area contributed by atoms with Gasteiger partial charge in [-0.25, -0.2) is 0 Å². The van der Waals surface area contributed by atoms with E-state index in [1.807, 2.05) is 0 Å². The molecule has 1 spiro atoms. The number of phenolic OH excluding ortho intramolecular Hbond substituents is 1. The molecule has 2 heterocycles. The molecule has 0 saturated carbocycles. The molecule has 1 aromatic carbocycles. The first-order valence-electron chi connectivity index (χ1n) is 7.50. The summed E-state index contributed by atoms with van der Waals surface area (Å²) in [6, 6.07) is 3.85. The molecule has 4 rings (SSSR count). The van der Waals surface area contributed by atoms with Crippen LogP contribution in [-0.2, 0) is 12.0 Å². The normalized spacial score (nSPS) is 35.1. The Morgan fingerprint density at radius 1 is 1.40 bits per heavy atom. The molecule has 0 amide bonds. The molecule has 0 radical (unpaired) electrons. The van der Waals surface area contributed by atoms with Crippen LogP contribution in [0.15, 0.2) is 24.3 Å². The Morgan fingerprint density at radius 2 is 2.25 bits per heavy atom. The van der Waals surface area contributed by atoms with Gasteiger partial charge < -0.3 is 14.7 Å². The van der Waals surface area contributed by atoms with E-state index in [-0.39, 0.29) is 11.5 Å². The molecule has 3 unspecified atom stereocenters. The zero-order valence-corrected chi connectivity index (χ0v) is 12.1. The Bertz CT molecular complexity index is 595. The summed E-state index contributed by atoms with van der Waals surface area (Å²) in [6.07, 6.45) is 6.97. The average Bonchev–Trinajstić information content (AvgIpc) is 2.68. The average molecular weight is 271 g/mol. The van der Waals surface area contributed by atoms with Crippen LogP contribution in [0.1, 0.15) is 30.9 Å². The standard InChI is InChI=1S/C17H21NO2/c1-11-5-6-17-7-8-18(2)10-12-3-4-13(19)16(15(12)17)20-14(17)9-11/h3-6,11,14,19H,7-10H2,1-2H3. The molecule has 106 valence electrons. The van der Waals surface area contributed by atoms with Crippen molar-refractivity contribution in [3.63, 3.8) is 0 Å². The molecule has 3 aliphatic rings. The van der Waals surface area contributed by atoms with Crippen LogP contribution >= 0.6 is 0 Å². The maximum absolute atomic E-state index is 10.2. The second-order valence-corrected chi connectivity index (χ2v) is 6.65. The predicted molar refractivity (Wildman–Crippen MR) is 78.1 cm³/mol. The fourth-order valence-corrected chi connectivity index (χ4v) is 4.10. The Kier molecular flexibility index (Phi) is 2.46. The fraction of sp³-hybridized carbons (Fsp3) is 0.529. The molecule has 0 saturated heterocycles. The summed E-state index contributed by atoms with van der Waals surface area (Å²) in [6.45, 7) is 4.23. The molecular weight excluding hydrogens is 250 g/mol. The highest BCUT2D eigenvalue weighted by Gasteiger charge is 2.52. The van der Waals surface area contributed by atoms with E-state index >= 15 is 0 Å². The number of hydrogen-bond donors (Lipinski definition) is 1. The van der Waals surface area contributed by atoms with Crippen LogP contribution in [0.4, 0.5) is 0 Å². The third kappa shape index (κ3) is 1.50. The highest BCUT2D eigenvalue weighted by Crippen LogP contribution is 2.55. The van der Waals surface area contributed by atoms with E-state index in [4.69, 9.17) is 4.74 Å². The number of nitrogens with zero attached hydrogens (tertiary/aromatic N) is 1. The van der Waals surface area contributed by atoms with Crippen molar-refractivity contribution < 1.29 is 9.84 Å². The summed E-state index contributed by atoms with van der Waals surface area (Å²) >= 11 is 0. The number of benzene rings is 1. The lowest BCUT2D eigenvalue weighted by atomic mass is 9.68. The molecule has 1 aromatic rings. The monoisotopic (exact) mass is 271 g/mol. The van der Waals surface area contributed by atoms with Crippen molar-refractivity contribution in [2.75, 3.05) is 13.6 Å². The van der Waals surface area contributed by atoms with Gasteiger partial charge in [-0.3, -0.25) is 0 Å². The second kappa shape index (κ2) is 4.01. The van der Waals surface area contributed by atoms with E-state index in [9.17, 15) is 5.11 Å². The molecular formula is C17H21NO2. The van der Waals surface area contributed by atoms with Gasteiger partial charge in [-0.15, -0.1) is 0 Å². The highest BCUT2D eigenvalue weighted by molar-refractivity contribution is 5.60. The lowest BCUT2D eigenvalue weighted by molar-refractivity contribution is 0.127. The molecule has 20 heavy (non-hydrogen) atoms. The smallest absolute Gasteiger partial charge is 0.165 e. The van der Waals surface area contributed by atoms with Crippen molar-refractivity contribution in [2.24, 2.45) is 5.92 Å². The zero-order chi connectivity index (χ0) is 13.9.